The lowest BCUT2D eigenvalue weighted by Gasteiger charge is -2.27. The zero-order chi connectivity index (χ0) is 15.8. The molecule has 8 heteroatoms. The molecular weight excluding hydrogens is 365 g/mol. The Morgan fingerprint density at radius 1 is 1.39 bits per heavy atom. The third kappa shape index (κ3) is 2.79. The minimum atomic E-state index is -0.782. The SMILES string of the molecule is Fc1nc(NCc2cccc(Br)c2)c2ncn(C3CCO3)c2n1. The number of nitrogens with zero attached hydrogens (tertiary/aromatic N) is 4. The van der Waals surface area contributed by atoms with E-state index in [1.54, 1.807) is 10.9 Å². The monoisotopic (exact) mass is 377 g/mol. The fraction of sp³-hybridized carbons (Fsp3) is 0.267. The average molecular weight is 378 g/mol. The number of halogens is 2. The van der Waals surface area contributed by atoms with Crippen LogP contribution in [0, 0.1) is 6.08 Å². The summed E-state index contributed by atoms with van der Waals surface area (Å²) in [6.45, 7) is 1.21. The number of ether oxygens (including phenoxy) is 1. The van der Waals surface area contributed by atoms with Crippen LogP contribution in [0.5, 0.6) is 0 Å². The summed E-state index contributed by atoms with van der Waals surface area (Å²) in [5.74, 6) is 0.380. The summed E-state index contributed by atoms with van der Waals surface area (Å²) in [6.07, 6.45) is 1.59. The van der Waals surface area contributed by atoms with Gasteiger partial charge in [-0.3, -0.25) is 4.57 Å². The molecule has 0 radical (unpaired) electrons. The van der Waals surface area contributed by atoms with E-state index in [2.05, 4.69) is 36.2 Å². The molecule has 0 aliphatic carbocycles. The van der Waals surface area contributed by atoms with Gasteiger partial charge in [-0.2, -0.15) is 14.4 Å². The predicted molar refractivity (Wildman–Crippen MR) is 86.4 cm³/mol. The van der Waals surface area contributed by atoms with Gasteiger partial charge in [0.2, 0.25) is 0 Å². The molecule has 6 nitrogen and oxygen atoms in total. The van der Waals surface area contributed by atoms with E-state index in [0.717, 1.165) is 16.5 Å². The lowest BCUT2D eigenvalue weighted by molar-refractivity contribution is -0.0974. The van der Waals surface area contributed by atoms with E-state index in [1.807, 2.05) is 24.3 Å². The fourth-order valence-corrected chi connectivity index (χ4v) is 2.95. The first-order chi connectivity index (χ1) is 11.2. The number of benzene rings is 1. The van der Waals surface area contributed by atoms with E-state index < -0.39 is 6.08 Å². The normalized spacial score (nSPS) is 17.2. The highest BCUT2D eigenvalue weighted by molar-refractivity contribution is 9.10. The standard InChI is InChI=1S/C15H13BrFN5O/c16-10-3-1-2-9(6-10)7-18-13-12-14(21-15(17)20-13)22(8-19-12)11-4-5-23-11/h1-3,6,8,11H,4-5,7H2,(H,18,20,21). The smallest absolute Gasteiger partial charge is 0.312 e. The van der Waals surface area contributed by atoms with Crippen LogP contribution < -0.4 is 5.32 Å². The molecule has 1 N–H and O–H groups in total. The number of nitrogens with one attached hydrogen (secondary N) is 1. The maximum absolute atomic E-state index is 13.8. The molecule has 23 heavy (non-hydrogen) atoms. The molecule has 1 aliphatic heterocycles. The summed E-state index contributed by atoms with van der Waals surface area (Å²) in [5, 5.41) is 3.13. The Morgan fingerprint density at radius 2 is 2.26 bits per heavy atom. The van der Waals surface area contributed by atoms with E-state index >= 15 is 0 Å². The molecule has 2 aromatic heterocycles. The van der Waals surface area contributed by atoms with Crippen molar-refractivity contribution in [3.05, 3.63) is 46.7 Å². The molecule has 0 amide bonds. The minimum Gasteiger partial charge on any atom is -0.364 e. The van der Waals surface area contributed by atoms with Gasteiger partial charge in [-0.05, 0) is 17.7 Å². The second-order valence-electron chi connectivity index (χ2n) is 5.26. The molecule has 118 valence electrons. The van der Waals surface area contributed by atoms with Crippen molar-refractivity contribution >= 4 is 32.9 Å². The van der Waals surface area contributed by atoms with Gasteiger partial charge in [0.1, 0.15) is 6.23 Å². The molecule has 1 atom stereocenters. The van der Waals surface area contributed by atoms with Gasteiger partial charge in [0, 0.05) is 17.4 Å². The number of hydrogen-bond donors (Lipinski definition) is 1. The van der Waals surface area contributed by atoms with Gasteiger partial charge in [-0.15, -0.1) is 0 Å². The van der Waals surface area contributed by atoms with Gasteiger partial charge in [-0.1, -0.05) is 28.1 Å². The Bertz CT molecular complexity index is 864. The molecule has 1 saturated heterocycles. The van der Waals surface area contributed by atoms with Crippen molar-refractivity contribution in [2.24, 2.45) is 0 Å². The molecule has 4 rings (SSSR count). The Kier molecular flexibility index (Phi) is 3.70. The Balaban J connectivity index is 1.65. The number of hydrogen-bond acceptors (Lipinski definition) is 5. The van der Waals surface area contributed by atoms with Gasteiger partial charge >= 0.3 is 6.08 Å². The van der Waals surface area contributed by atoms with Crippen molar-refractivity contribution in [2.75, 3.05) is 11.9 Å². The van der Waals surface area contributed by atoms with E-state index in [-0.39, 0.29) is 6.23 Å². The summed E-state index contributed by atoms with van der Waals surface area (Å²) in [5.41, 5.74) is 2.03. The van der Waals surface area contributed by atoms with Gasteiger partial charge in [0.15, 0.2) is 17.0 Å². The maximum atomic E-state index is 13.8. The lowest BCUT2D eigenvalue weighted by atomic mass is 10.2. The summed E-state index contributed by atoms with van der Waals surface area (Å²) < 4.78 is 21.9. The van der Waals surface area contributed by atoms with Crippen molar-refractivity contribution < 1.29 is 9.13 Å². The first-order valence-corrected chi connectivity index (χ1v) is 8.00. The molecule has 3 heterocycles. The predicted octanol–water partition coefficient (Wildman–Crippen LogP) is 3.26. The van der Waals surface area contributed by atoms with E-state index in [9.17, 15) is 4.39 Å². The van der Waals surface area contributed by atoms with Crippen molar-refractivity contribution in [3.63, 3.8) is 0 Å². The zero-order valence-electron chi connectivity index (χ0n) is 12.0. The molecule has 1 aliphatic rings. The minimum absolute atomic E-state index is 0.118. The van der Waals surface area contributed by atoms with Crippen LogP contribution in [-0.4, -0.2) is 26.1 Å². The van der Waals surface area contributed by atoms with Crippen molar-refractivity contribution in [1.29, 1.82) is 0 Å². The quantitative estimate of drug-likeness (QED) is 0.706. The number of anilines is 1. The first-order valence-electron chi connectivity index (χ1n) is 7.21. The van der Waals surface area contributed by atoms with Crippen molar-refractivity contribution in [2.45, 2.75) is 19.2 Å². The highest BCUT2D eigenvalue weighted by Gasteiger charge is 2.24. The average Bonchev–Trinajstić information content (AvgIpc) is 2.87. The number of imidazole rings is 1. The van der Waals surface area contributed by atoms with E-state index in [0.29, 0.717) is 30.1 Å². The molecule has 0 spiro atoms. The third-order valence-corrected chi connectivity index (χ3v) is 4.22. The summed E-state index contributed by atoms with van der Waals surface area (Å²) in [4.78, 5) is 12.0. The highest BCUT2D eigenvalue weighted by Crippen LogP contribution is 2.28. The van der Waals surface area contributed by atoms with Crippen molar-refractivity contribution in [1.82, 2.24) is 19.5 Å². The van der Waals surface area contributed by atoms with Gasteiger partial charge < -0.3 is 10.1 Å². The topological polar surface area (TPSA) is 64.9 Å². The molecule has 0 saturated carbocycles. The van der Waals surface area contributed by atoms with Crippen LogP contribution in [0.15, 0.2) is 35.1 Å². The highest BCUT2D eigenvalue weighted by atomic mass is 79.9. The second-order valence-corrected chi connectivity index (χ2v) is 6.18. The van der Waals surface area contributed by atoms with Crippen LogP contribution in [0.1, 0.15) is 18.2 Å². The molecule has 0 bridgehead atoms. The molecule has 1 unspecified atom stereocenters. The fourth-order valence-electron chi connectivity index (χ4n) is 2.50. The Hall–Kier alpha value is -2.06. The number of fused-ring (bicyclic) bond motifs is 1. The number of rotatable bonds is 4. The molecule has 1 fully saturated rings. The third-order valence-electron chi connectivity index (χ3n) is 3.73. The van der Waals surface area contributed by atoms with Gasteiger partial charge in [-0.25, -0.2) is 4.98 Å². The van der Waals surface area contributed by atoms with Crippen LogP contribution >= 0.6 is 15.9 Å². The Morgan fingerprint density at radius 3 is 3.00 bits per heavy atom. The molecular formula is C15H13BrFN5O. The Labute approximate surface area is 139 Å². The summed E-state index contributed by atoms with van der Waals surface area (Å²) >= 11 is 3.43. The summed E-state index contributed by atoms with van der Waals surface area (Å²) in [7, 11) is 0. The van der Waals surface area contributed by atoms with Gasteiger partial charge in [0.05, 0.1) is 12.9 Å². The largest absolute Gasteiger partial charge is 0.364 e. The number of aromatic nitrogens is 4. The van der Waals surface area contributed by atoms with Crippen LogP contribution in [0.4, 0.5) is 10.2 Å². The first kappa shape index (κ1) is 14.5. The van der Waals surface area contributed by atoms with Crippen LogP contribution in [-0.2, 0) is 11.3 Å². The van der Waals surface area contributed by atoms with Crippen molar-refractivity contribution in [3.8, 4) is 0 Å². The molecule has 3 aromatic rings. The zero-order valence-corrected chi connectivity index (χ0v) is 13.6. The van der Waals surface area contributed by atoms with Gasteiger partial charge in [0.25, 0.3) is 0 Å². The lowest BCUT2D eigenvalue weighted by Crippen LogP contribution is -2.24. The summed E-state index contributed by atoms with van der Waals surface area (Å²) in [6, 6.07) is 7.86. The van der Waals surface area contributed by atoms with E-state index in [4.69, 9.17) is 4.74 Å². The van der Waals surface area contributed by atoms with Crippen LogP contribution in [0.3, 0.4) is 0 Å². The second kappa shape index (κ2) is 5.86. The van der Waals surface area contributed by atoms with E-state index in [1.165, 1.54) is 0 Å². The van der Waals surface area contributed by atoms with Crippen LogP contribution in [0.25, 0.3) is 11.2 Å². The van der Waals surface area contributed by atoms with Crippen LogP contribution in [0.2, 0.25) is 0 Å². The molecule has 1 aromatic carbocycles. The maximum Gasteiger partial charge on any atom is 0.312 e.